The Morgan fingerprint density at radius 3 is 2.14 bits per heavy atom. The van der Waals surface area contributed by atoms with Crippen LogP contribution < -0.4 is 0 Å². The van der Waals surface area contributed by atoms with Gasteiger partial charge in [-0.25, -0.2) is 21.6 Å². The maximum atomic E-state index is 13.8. The molecule has 0 amide bonds. The summed E-state index contributed by atoms with van der Waals surface area (Å²) in [5.74, 6) is -3.10. The maximum Gasteiger partial charge on any atom is 0.175 e. The van der Waals surface area contributed by atoms with Gasteiger partial charge in [0, 0.05) is 24.0 Å². The number of halogens is 4. The molecule has 2 rings (SSSR count). The molecule has 1 unspecified atom stereocenters. The van der Waals surface area contributed by atoms with Gasteiger partial charge in [-0.2, -0.15) is 0 Å². The number of rotatable bonds is 3. The molecule has 0 radical (unpaired) electrons. The summed E-state index contributed by atoms with van der Waals surface area (Å²) in [6.45, 7) is 0. The topological polar surface area (TPSA) is 34.1 Å². The Hall–Kier alpha value is -1.34. The molecule has 2 aromatic rings. The van der Waals surface area contributed by atoms with Crippen LogP contribution in [0.15, 0.2) is 41.3 Å². The maximum absolute atomic E-state index is 13.8. The molecule has 2 aromatic carbocycles. The zero-order valence-corrected chi connectivity index (χ0v) is 13.2. The molecule has 112 valence electrons. The molecule has 0 saturated heterocycles. The van der Waals surface area contributed by atoms with Gasteiger partial charge in [-0.05, 0) is 17.7 Å². The second-order valence-corrected chi connectivity index (χ2v) is 7.42. The Balaban J connectivity index is 2.53. The first kappa shape index (κ1) is 16.0. The molecule has 21 heavy (non-hydrogen) atoms. The summed E-state index contributed by atoms with van der Waals surface area (Å²) >= 11 is 3.12. The SMILES string of the molecule is CS(=O)(=O)c1cccc(C(Br)c2c(F)cc(F)cc2F)c1. The summed E-state index contributed by atoms with van der Waals surface area (Å²) in [6, 6.07) is 6.85. The molecule has 0 N–H and O–H groups in total. The quantitative estimate of drug-likeness (QED) is 0.756. The fourth-order valence-electron chi connectivity index (χ4n) is 1.86. The lowest BCUT2D eigenvalue weighted by Gasteiger charge is -2.14. The number of hydrogen-bond donors (Lipinski definition) is 0. The molecule has 0 aliphatic rings. The van der Waals surface area contributed by atoms with Crippen LogP contribution in [0.1, 0.15) is 16.0 Å². The second kappa shape index (κ2) is 5.81. The van der Waals surface area contributed by atoms with Crippen molar-refractivity contribution < 1.29 is 21.6 Å². The summed E-state index contributed by atoms with van der Waals surface area (Å²) in [4.78, 5) is -0.896. The van der Waals surface area contributed by atoms with Gasteiger partial charge in [0.2, 0.25) is 0 Å². The molecule has 0 heterocycles. The lowest BCUT2D eigenvalue weighted by molar-refractivity contribution is 0.527. The van der Waals surface area contributed by atoms with Crippen molar-refractivity contribution in [3.63, 3.8) is 0 Å². The highest BCUT2D eigenvalue weighted by Gasteiger charge is 2.21. The van der Waals surface area contributed by atoms with Gasteiger partial charge in [-0.3, -0.25) is 0 Å². The van der Waals surface area contributed by atoms with Gasteiger partial charge >= 0.3 is 0 Å². The van der Waals surface area contributed by atoms with Crippen LogP contribution in [0.4, 0.5) is 13.2 Å². The van der Waals surface area contributed by atoms with Crippen LogP contribution in [0, 0.1) is 17.5 Å². The lowest BCUT2D eigenvalue weighted by atomic mass is 10.0. The predicted molar refractivity (Wildman–Crippen MR) is 76.6 cm³/mol. The van der Waals surface area contributed by atoms with Crippen molar-refractivity contribution in [2.75, 3.05) is 6.26 Å². The highest BCUT2D eigenvalue weighted by Crippen LogP contribution is 2.35. The minimum Gasteiger partial charge on any atom is -0.224 e. The Morgan fingerprint density at radius 2 is 1.62 bits per heavy atom. The molecule has 7 heteroatoms. The molecule has 0 spiro atoms. The highest BCUT2D eigenvalue weighted by molar-refractivity contribution is 9.09. The van der Waals surface area contributed by atoms with Crippen LogP contribution >= 0.6 is 15.9 Å². The Kier molecular flexibility index (Phi) is 4.43. The highest BCUT2D eigenvalue weighted by atomic mass is 79.9. The zero-order chi connectivity index (χ0) is 15.8. The van der Waals surface area contributed by atoms with Gasteiger partial charge in [0.25, 0.3) is 0 Å². The van der Waals surface area contributed by atoms with E-state index in [4.69, 9.17) is 0 Å². The van der Waals surface area contributed by atoms with Gasteiger partial charge < -0.3 is 0 Å². The molecule has 0 aromatic heterocycles. The first-order chi connectivity index (χ1) is 9.70. The standard InChI is InChI=1S/C14H10BrF3O2S/c1-21(19,20)10-4-2-3-8(5-10)14(15)13-11(17)6-9(16)7-12(13)18/h2-7,14H,1H3. The number of hydrogen-bond acceptors (Lipinski definition) is 2. The normalized spacial score (nSPS) is 13.2. The van der Waals surface area contributed by atoms with Gasteiger partial charge in [0.15, 0.2) is 9.84 Å². The molecular formula is C14H10BrF3O2S. The van der Waals surface area contributed by atoms with E-state index in [-0.39, 0.29) is 10.5 Å². The van der Waals surface area contributed by atoms with Crippen molar-refractivity contribution in [3.8, 4) is 0 Å². The summed E-state index contributed by atoms with van der Waals surface area (Å²) in [7, 11) is -3.44. The third-order valence-electron chi connectivity index (χ3n) is 2.88. The summed E-state index contributed by atoms with van der Waals surface area (Å²) in [6.07, 6.45) is 1.04. The average Bonchev–Trinajstić information content (AvgIpc) is 2.36. The van der Waals surface area contributed by atoms with Crippen molar-refractivity contribution >= 4 is 25.8 Å². The van der Waals surface area contributed by atoms with Crippen LogP contribution in [0.25, 0.3) is 0 Å². The molecular weight excluding hydrogens is 369 g/mol. The van der Waals surface area contributed by atoms with Crippen LogP contribution in [0.2, 0.25) is 0 Å². The van der Waals surface area contributed by atoms with E-state index in [0.717, 1.165) is 6.26 Å². The largest absolute Gasteiger partial charge is 0.224 e. The van der Waals surface area contributed by atoms with Gasteiger partial charge in [-0.1, -0.05) is 28.1 Å². The fraction of sp³-hybridized carbons (Fsp3) is 0.143. The van der Waals surface area contributed by atoms with Crippen molar-refractivity contribution in [1.29, 1.82) is 0 Å². The van der Waals surface area contributed by atoms with E-state index in [9.17, 15) is 21.6 Å². The fourth-order valence-corrected chi connectivity index (χ4v) is 3.26. The molecule has 0 aliphatic heterocycles. The monoisotopic (exact) mass is 378 g/mol. The summed E-state index contributed by atoms with van der Waals surface area (Å²) in [5.41, 5.74) is -0.0237. The summed E-state index contributed by atoms with van der Waals surface area (Å²) < 4.78 is 63.4. The Labute approximate surface area is 128 Å². The van der Waals surface area contributed by atoms with E-state index in [1.165, 1.54) is 24.3 Å². The zero-order valence-electron chi connectivity index (χ0n) is 10.8. The van der Waals surface area contributed by atoms with Crippen LogP contribution in [0.5, 0.6) is 0 Å². The lowest BCUT2D eigenvalue weighted by Crippen LogP contribution is -2.04. The van der Waals surface area contributed by atoms with E-state index >= 15 is 0 Å². The van der Waals surface area contributed by atoms with Crippen molar-refractivity contribution in [3.05, 3.63) is 65.0 Å². The van der Waals surface area contributed by atoms with Gasteiger partial charge in [0.1, 0.15) is 17.5 Å². The average molecular weight is 379 g/mol. The smallest absolute Gasteiger partial charge is 0.175 e. The van der Waals surface area contributed by atoms with Crippen molar-refractivity contribution in [1.82, 2.24) is 0 Å². The second-order valence-electron chi connectivity index (χ2n) is 4.49. The number of sulfone groups is 1. The van der Waals surface area contributed by atoms with Gasteiger partial charge in [-0.15, -0.1) is 0 Å². The third kappa shape index (κ3) is 3.47. The van der Waals surface area contributed by atoms with E-state index < -0.39 is 32.1 Å². The minimum absolute atomic E-state index is 0.0346. The molecule has 0 saturated carbocycles. The van der Waals surface area contributed by atoms with E-state index in [1.54, 1.807) is 0 Å². The minimum atomic E-state index is -3.44. The van der Waals surface area contributed by atoms with Crippen molar-refractivity contribution in [2.45, 2.75) is 9.72 Å². The number of benzene rings is 2. The van der Waals surface area contributed by atoms with Crippen molar-refractivity contribution in [2.24, 2.45) is 0 Å². The first-order valence-electron chi connectivity index (χ1n) is 5.78. The van der Waals surface area contributed by atoms with E-state index in [1.807, 2.05) is 0 Å². The molecule has 2 nitrogen and oxygen atoms in total. The van der Waals surface area contributed by atoms with Gasteiger partial charge in [0.05, 0.1) is 9.72 Å². The van der Waals surface area contributed by atoms with Crippen LogP contribution in [0.3, 0.4) is 0 Å². The molecule has 1 atom stereocenters. The Morgan fingerprint density at radius 1 is 1.05 bits per heavy atom. The molecule has 0 bridgehead atoms. The Bertz CT molecular complexity index is 768. The number of alkyl halides is 1. The third-order valence-corrected chi connectivity index (χ3v) is 4.97. The van der Waals surface area contributed by atoms with Crippen LogP contribution in [-0.2, 0) is 9.84 Å². The van der Waals surface area contributed by atoms with Crippen LogP contribution in [-0.4, -0.2) is 14.7 Å². The summed E-state index contributed by atoms with van der Waals surface area (Å²) in [5, 5.41) is 0. The first-order valence-corrected chi connectivity index (χ1v) is 8.59. The molecule has 0 aliphatic carbocycles. The van der Waals surface area contributed by atoms with E-state index in [0.29, 0.717) is 17.7 Å². The van der Waals surface area contributed by atoms with E-state index in [2.05, 4.69) is 15.9 Å². The predicted octanol–water partition coefficient (Wildman–Crippen LogP) is 3.99. The molecule has 0 fully saturated rings.